The van der Waals surface area contributed by atoms with Crippen LogP contribution in [0.2, 0.25) is 5.02 Å². The molecule has 0 aliphatic carbocycles. The van der Waals surface area contributed by atoms with E-state index in [1.54, 1.807) is 0 Å². The molecule has 2 N–H and O–H groups in total. The van der Waals surface area contributed by atoms with Gasteiger partial charge < -0.3 is 24.5 Å². The highest BCUT2D eigenvalue weighted by atomic mass is 35.5. The number of ether oxygens (including phenoxy) is 3. The second kappa shape index (κ2) is 9.29. The fraction of sp³-hybridized carbons (Fsp3) is 0.296. The molecule has 0 saturated carbocycles. The van der Waals surface area contributed by atoms with E-state index in [1.165, 1.54) is 0 Å². The van der Waals surface area contributed by atoms with Gasteiger partial charge in [0.2, 0.25) is 0 Å². The standard InChI is InChI=1S/C27H26ClN3O3/c28-23-13-24-25(14-26(30-24)34-22-10-12-32-16-22)31-27(23)19-3-1-17(2-4-19)18-5-7-20(8-6-18)33-21-9-11-29-15-21/h1-8,13-14,21-22,29-30H,9-12,15-16H2/t21?,22-/m0/s1. The lowest BCUT2D eigenvalue weighted by molar-refractivity contribution is 0.138. The number of pyridine rings is 1. The molecule has 2 atom stereocenters. The Hall–Kier alpha value is -3.06. The van der Waals surface area contributed by atoms with Gasteiger partial charge in [-0.15, -0.1) is 0 Å². The van der Waals surface area contributed by atoms with Crippen LogP contribution in [0.25, 0.3) is 33.4 Å². The summed E-state index contributed by atoms with van der Waals surface area (Å²) in [5.74, 6) is 1.60. The third kappa shape index (κ3) is 4.49. The van der Waals surface area contributed by atoms with Gasteiger partial charge in [-0.25, -0.2) is 4.98 Å². The van der Waals surface area contributed by atoms with Gasteiger partial charge in [-0.3, -0.25) is 0 Å². The second-order valence-electron chi connectivity index (χ2n) is 8.82. The van der Waals surface area contributed by atoms with Crippen LogP contribution in [0.5, 0.6) is 11.6 Å². The summed E-state index contributed by atoms with van der Waals surface area (Å²) in [6.45, 7) is 3.30. The minimum Gasteiger partial charge on any atom is -0.489 e. The Morgan fingerprint density at radius 1 is 0.882 bits per heavy atom. The van der Waals surface area contributed by atoms with Gasteiger partial charge in [0, 0.05) is 24.6 Å². The van der Waals surface area contributed by atoms with E-state index in [1.807, 2.05) is 24.3 Å². The first kappa shape index (κ1) is 21.5. The lowest BCUT2D eigenvalue weighted by atomic mass is 10.0. The molecule has 2 aliphatic heterocycles. The molecule has 2 fully saturated rings. The maximum atomic E-state index is 6.60. The first-order valence-electron chi connectivity index (χ1n) is 11.7. The molecule has 0 bridgehead atoms. The van der Waals surface area contributed by atoms with Gasteiger partial charge >= 0.3 is 0 Å². The third-order valence-electron chi connectivity index (χ3n) is 6.38. The third-order valence-corrected chi connectivity index (χ3v) is 6.66. The molecule has 34 heavy (non-hydrogen) atoms. The van der Waals surface area contributed by atoms with E-state index >= 15 is 0 Å². The topological polar surface area (TPSA) is 68.4 Å². The molecule has 0 radical (unpaired) electrons. The minimum atomic E-state index is 0.0795. The van der Waals surface area contributed by atoms with Crippen molar-refractivity contribution in [3.8, 4) is 34.0 Å². The quantitative estimate of drug-likeness (QED) is 0.387. The molecule has 4 heterocycles. The Morgan fingerprint density at radius 2 is 1.65 bits per heavy atom. The zero-order chi connectivity index (χ0) is 22.9. The predicted octanol–water partition coefficient (Wildman–Crippen LogP) is 5.46. The largest absolute Gasteiger partial charge is 0.489 e. The summed E-state index contributed by atoms with van der Waals surface area (Å²) in [6.07, 6.45) is 2.29. The summed E-state index contributed by atoms with van der Waals surface area (Å²) in [7, 11) is 0. The Labute approximate surface area is 203 Å². The molecule has 2 aliphatic rings. The number of hydrogen-bond acceptors (Lipinski definition) is 5. The van der Waals surface area contributed by atoms with Gasteiger partial charge in [0.05, 0.1) is 35.0 Å². The summed E-state index contributed by atoms with van der Waals surface area (Å²) in [5, 5.41) is 3.92. The lowest BCUT2D eigenvalue weighted by Crippen LogP contribution is -2.19. The van der Waals surface area contributed by atoms with Crippen molar-refractivity contribution in [2.45, 2.75) is 25.0 Å². The molecular formula is C27H26ClN3O3. The van der Waals surface area contributed by atoms with Crippen LogP contribution >= 0.6 is 11.6 Å². The number of benzene rings is 2. The number of nitrogens with zero attached hydrogens (tertiary/aromatic N) is 1. The summed E-state index contributed by atoms with van der Waals surface area (Å²) < 4.78 is 17.4. The van der Waals surface area contributed by atoms with E-state index in [0.29, 0.717) is 17.5 Å². The van der Waals surface area contributed by atoms with Gasteiger partial charge in [0.15, 0.2) is 5.88 Å². The van der Waals surface area contributed by atoms with Gasteiger partial charge in [0.1, 0.15) is 18.0 Å². The van der Waals surface area contributed by atoms with E-state index in [-0.39, 0.29) is 12.2 Å². The van der Waals surface area contributed by atoms with Crippen molar-refractivity contribution in [2.75, 3.05) is 26.3 Å². The number of halogens is 1. The fourth-order valence-electron chi connectivity index (χ4n) is 4.53. The van der Waals surface area contributed by atoms with Crippen molar-refractivity contribution < 1.29 is 14.2 Å². The van der Waals surface area contributed by atoms with Crippen LogP contribution in [-0.4, -0.2) is 48.5 Å². The van der Waals surface area contributed by atoms with Crippen LogP contribution in [-0.2, 0) is 4.74 Å². The molecule has 0 amide bonds. The molecule has 174 valence electrons. The second-order valence-corrected chi connectivity index (χ2v) is 9.23. The lowest BCUT2D eigenvalue weighted by Gasteiger charge is -2.13. The molecule has 0 spiro atoms. The Morgan fingerprint density at radius 3 is 2.35 bits per heavy atom. The molecule has 1 unspecified atom stereocenters. The number of aromatic amines is 1. The van der Waals surface area contributed by atoms with Gasteiger partial charge in [0.25, 0.3) is 0 Å². The number of rotatable bonds is 6. The molecular weight excluding hydrogens is 450 g/mol. The van der Waals surface area contributed by atoms with Gasteiger partial charge in [-0.05, 0) is 42.3 Å². The highest BCUT2D eigenvalue weighted by molar-refractivity contribution is 6.33. The normalized spacial score (nSPS) is 20.1. The van der Waals surface area contributed by atoms with Crippen LogP contribution in [0.1, 0.15) is 12.8 Å². The smallest absolute Gasteiger partial charge is 0.193 e. The van der Waals surface area contributed by atoms with Crippen LogP contribution in [0.4, 0.5) is 0 Å². The average Bonchev–Trinajstić information content (AvgIpc) is 3.62. The maximum absolute atomic E-state index is 6.60. The van der Waals surface area contributed by atoms with Crippen molar-refractivity contribution in [1.29, 1.82) is 0 Å². The van der Waals surface area contributed by atoms with Crippen molar-refractivity contribution in [2.24, 2.45) is 0 Å². The molecule has 7 heteroatoms. The number of nitrogens with one attached hydrogen (secondary N) is 2. The summed E-state index contributed by atoms with van der Waals surface area (Å²) in [4.78, 5) is 8.07. The number of H-pyrrole nitrogens is 1. The summed E-state index contributed by atoms with van der Waals surface area (Å²) >= 11 is 6.60. The van der Waals surface area contributed by atoms with Crippen LogP contribution < -0.4 is 14.8 Å². The zero-order valence-corrected chi connectivity index (χ0v) is 19.5. The molecule has 2 aromatic carbocycles. The van der Waals surface area contributed by atoms with Crippen LogP contribution in [0.15, 0.2) is 60.7 Å². The number of aromatic nitrogens is 2. The van der Waals surface area contributed by atoms with E-state index in [4.69, 9.17) is 30.8 Å². The van der Waals surface area contributed by atoms with E-state index in [9.17, 15) is 0 Å². The predicted molar refractivity (Wildman–Crippen MR) is 134 cm³/mol. The molecule has 2 aromatic heterocycles. The highest BCUT2D eigenvalue weighted by Gasteiger charge is 2.19. The zero-order valence-electron chi connectivity index (χ0n) is 18.7. The average molecular weight is 476 g/mol. The number of hydrogen-bond donors (Lipinski definition) is 2. The minimum absolute atomic E-state index is 0.0795. The van der Waals surface area contributed by atoms with Crippen molar-refractivity contribution in [1.82, 2.24) is 15.3 Å². The molecule has 6 nitrogen and oxygen atoms in total. The van der Waals surface area contributed by atoms with Crippen LogP contribution in [0.3, 0.4) is 0 Å². The van der Waals surface area contributed by atoms with Crippen molar-refractivity contribution in [3.05, 3.63) is 65.7 Å². The van der Waals surface area contributed by atoms with Gasteiger partial charge in [-0.1, -0.05) is 48.0 Å². The first-order valence-corrected chi connectivity index (χ1v) is 12.1. The monoisotopic (exact) mass is 475 g/mol. The first-order chi connectivity index (χ1) is 16.7. The Bertz CT molecular complexity index is 1280. The van der Waals surface area contributed by atoms with E-state index in [0.717, 1.165) is 71.7 Å². The van der Waals surface area contributed by atoms with E-state index < -0.39 is 0 Å². The fourth-order valence-corrected chi connectivity index (χ4v) is 4.79. The summed E-state index contributed by atoms with van der Waals surface area (Å²) in [5.41, 5.74) is 5.68. The molecule has 2 saturated heterocycles. The molecule has 6 rings (SSSR count). The van der Waals surface area contributed by atoms with Gasteiger partial charge in [-0.2, -0.15) is 0 Å². The Kier molecular flexibility index (Phi) is 5.87. The molecule has 4 aromatic rings. The van der Waals surface area contributed by atoms with Crippen molar-refractivity contribution >= 4 is 22.6 Å². The van der Waals surface area contributed by atoms with Crippen molar-refractivity contribution in [3.63, 3.8) is 0 Å². The Balaban J connectivity index is 1.20. The van der Waals surface area contributed by atoms with E-state index in [2.05, 4.69) is 46.7 Å². The summed E-state index contributed by atoms with van der Waals surface area (Å²) in [6, 6.07) is 20.4. The maximum Gasteiger partial charge on any atom is 0.193 e. The number of fused-ring (bicyclic) bond motifs is 1. The SMILES string of the molecule is Clc1cc2[nH]c(O[C@H]3CCOC3)cc2nc1-c1ccc(-c2ccc(OC3CCNC3)cc2)cc1. The van der Waals surface area contributed by atoms with Crippen LogP contribution in [0, 0.1) is 0 Å². The highest BCUT2D eigenvalue weighted by Crippen LogP contribution is 2.33.